The Morgan fingerprint density at radius 3 is 2.50 bits per heavy atom. The number of amides is 1. The molecule has 1 fully saturated rings. The number of piperidine rings is 1. The third kappa shape index (κ3) is 2.87. The number of halogens is 1. The minimum Gasteiger partial charge on any atom is -0.385 e. The van der Waals surface area contributed by atoms with Gasteiger partial charge in [-0.15, -0.1) is 0 Å². The fraction of sp³-hybridized carbons (Fsp3) is 0.308. The number of carbonyl (C=O) groups is 1. The zero-order valence-corrected chi connectivity index (χ0v) is 19.0. The second kappa shape index (κ2) is 7.35. The minimum absolute atomic E-state index is 0.00383. The van der Waals surface area contributed by atoms with E-state index in [1.807, 2.05) is 24.3 Å². The lowest BCUT2D eigenvalue weighted by atomic mass is 9.73. The molecule has 172 valence electrons. The van der Waals surface area contributed by atoms with Crippen molar-refractivity contribution in [2.24, 2.45) is 0 Å². The summed E-state index contributed by atoms with van der Waals surface area (Å²) in [5.41, 5.74) is 2.27. The number of benzene rings is 2. The minimum atomic E-state index is -1.03. The lowest BCUT2D eigenvalue weighted by molar-refractivity contribution is -0.384. The van der Waals surface area contributed by atoms with Crippen molar-refractivity contribution < 1.29 is 14.8 Å². The molecular formula is C26H22ClN3O4. The van der Waals surface area contributed by atoms with E-state index in [-0.39, 0.29) is 17.5 Å². The van der Waals surface area contributed by atoms with Crippen molar-refractivity contribution in [3.63, 3.8) is 0 Å². The van der Waals surface area contributed by atoms with Gasteiger partial charge in [-0.05, 0) is 59.7 Å². The number of nitro benzene ring substituents is 1. The molecule has 6 rings (SSSR count). The molecule has 2 aliphatic carbocycles. The van der Waals surface area contributed by atoms with Crippen LogP contribution in [0.25, 0.3) is 0 Å². The molecule has 3 aliphatic rings. The SMILES string of the molecule is O=C(N1CCC(O)(c2cccnc2)CC1)C12CC(c3ccc(Cl)cc31)c1ccc([N+](=O)[O-])cc12. The monoisotopic (exact) mass is 475 g/mol. The van der Waals surface area contributed by atoms with E-state index in [1.165, 1.54) is 6.07 Å². The predicted molar refractivity (Wildman–Crippen MR) is 126 cm³/mol. The van der Waals surface area contributed by atoms with Crippen molar-refractivity contribution in [2.45, 2.75) is 36.2 Å². The highest BCUT2D eigenvalue weighted by Crippen LogP contribution is 2.61. The molecule has 1 saturated heterocycles. The largest absolute Gasteiger partial charge is 0.385 e. The molecule has 1 aliphatic heterocycles. The van der Waals surface area contributed by atoms with Gasteiger partial charge in [-0.1, -0.05) is 29.8 Å². The highest BCUT2D eigenvalue weighted by molar-refractivity contribution is 6.30. The van der Waals surface area contributed by atoms with Crippen molar-refractivity contribution in [3.8, 4) is 0 Å². The van der Waals surface area contributed by atoms with Crippen LogP contribution in [-0.2, 0) is 15.8 Å². The quantitative estimate of drug-likeness (QED) is 0.450. The number of pyridine rings is 1. The van der Waals surface area contributed by atoms with E-state index in [2.05, 4.69) is 4.98 Å². The Morgan fingerprint density at radius 1 is 1.12 bits per heavy atom. The Hall–Kier alpha value is -3.29. The third-order valence-electron chi connectivity index (χ3n) is 7.89. The molecule has 0 spiro atoms. The molecule has 1 N–H and O–H groups in total. The Bertz CT molecular complexity index is 1340. The molecule has 1 amide bonds. The predicted octanol–water partition coefficient (Wildman–Crippen LogP) is 4.29. The number of aliphatic hydroxyl groups is 1. The summed E-state index contributed by atoms with van der Waals surface area (Å²) in [4.78, 5) is 31.3. The zero-order valence-electron chi connectivity index (χ0n) is 18.3. The number of hydrogen-bond donors (Lipinski definition) is 1. The first-order valence-electron chi connectivity index (χ1n) is 11.3. The van der Waals surface area contributed by atoms with Gasteiger partial charge in [-0.3, -0.25) is 19.9 Å². The first-order chi connectivity index (χ1) is 16.3. The Kier molecular flexibility index (Phi) is 4.60. The summed E-state index contributed by atoms with van der Waals surface area (Å²) in [5, 5.41) is 23.3. The summed E-state index contributed by atoms with van der Waals surface area (Å²) < 4.78 is 0. The number of nitro groups is 1. The summed E-state index contributed by atoms with van der Waals surface area (Å²) >= 11 is 6.35. The van der Waals surface area contributed by atoms with Crippen LogP contribution >= 0.6 is 11.6 Å². The maximum atomic E-state index is 14.3. The van der Waals surface area contributed by atoms with Crippen LogP contribution in [-0.4, -0.2) is 38.9 Å². The van der Waals surface area contributed by atoms with Crippen molar-refractivity contribution in [3.05, 3.63) is 104 Å². The number of fused-ring (bicyclic) bond motifs is 8. The standard InChI is InChI=1S/C26H22ClN3O4/c27-17-3-5-19-21-14-26(22(19)12-17,23-13-18(30(33)34)4-6-20(21)23)24(31)29-10-7-25(32,8-11-29)16-2-1-9-28-15-16/h1-6,9,12-13,15,21,32H,7-8,10-11,14H2. The summed E-state index contributed by atoms with van der Waals surface area (Å²) in [6.45, 7) is 0.771. The zero-order chi connectivity index (χ0) is 23.7. The first kappa shape index (κ1) is 21.3. The van der Waals surface area contributed by atoms with Gasteiger partial charge >= 0.3 is 0 Å². The van der Waals surface area contributed by atoms with Crippen LogP contribution in [0.5, 0.6) is 0 Å². The smallest absolute Gasteiger partial charge is 0.269 e. The summed E-state index contributed by atoms with van der Waals surface area (Å²) in [6.07, 6.45) is 4.67. The third-order valence-corrected chi connectivity index (χ3v) is 8.12. The molecule has 2 bridgehead atoms. The average molecular weight is 476 g/mol. The van der Waals surface area contributed by atoms with Gasteiger partial charge in [0, 0.05) is 54.1 Å². The molecule has 8 heteroatoms. The second-order valence-electron chi connectivity index (χ2n) is 9.49. The van der Waals surface area contributed by atoms with Gasteiger partial charge in [0.05, 0.1) is 10.5 Å². The first-order valence-corrected chi connectivity index (χ1v) is 11.7. The fourth-order valence-electron chi connectivity index (χ4n) is 6.19. The molecule has 2 atom stereocenters. The van der Waals surface area contributed by atoms with E-state index in [0.29, 0.717) is 42.9 Å². The van der Waals surface area contributed by atoms with Crippen molar-refractivity contribution in [1.29, 1.82) is 0 Å². The summed E-state index contributed by atoms with van der Waals surface area (Å²) in [6, 6.07) is 14.2. The normalized spacial score (nSPS) is 23.9. The van der Waals surface area contributed by atoms with Crippen LogP contribution in [0, 0.1) is 10.1 Å². The highest BCUT2D eigenvalue weighted by atomic mass is 35.5. The maximum absolute atomic E-state index is 14.3. The topological polar surface area (TPSA) is 96.6 Å². The lowest BCUT2D eigenvalue weighted by Crippen LogP contribution is -2.51. The number of non-ortho nitro benzene ring substituents is 1. The van der Waals surface area contributed by atoms with Gasteiger partial charge in [0.2, 0.25) is 5.91 Å². The number of rotatable bonds is 3. The summed E-state index contributed by atoms with van der Waals surface area (Å²) in [7, 11) is 0. The molecule has 3 aromatic rings. The number of likely N-dealkylation sites (tertiary alicyclic amines) is 1. The molecular weight excluding hydrogens is 454 g/mol. The van der Waals surface area contributed by atoms with Gasteiger partial charge < -0.3 is 10.0 Å². The van der Waals surface area contributed by atoms with Crippen LogP contribution in [0.1, 0.15) is 53.0 Å². The maximum Gasteiger partial charge on any atom is 0.269 e. The Morgan fingerprint density at radius 2 is 1.82 bits per heavy atom. The molecule has 34 heavy (non-hydrogen) atoms. The Balaban J connectivity index is 1.40. The molecule has 2 aromatic carbocycles. The van der Waals surface area contributed by atoms with Gasteiger partial charge in [0.1, 0.15) is 5.41 Å². The lowest BCUT2D eigenvalue weighted by Gasteiger charge is -2.42. The van der Waals surface area contributed by atoms with E-state index >= 15 is 0 Å². The van der Waals surface area contributed by atoms with Crippen molar-refractivity contribution >= 4 is 23.2 Å². The highest BCUT2D eigenvalue weighted by Gasteiger charge is 2.59. The molecule has 2 unspecified atom stereocenters. The van der Waals surface area contributed by atoms with Gasteiger partial charge in [-0.25, -0.2) is 0 Å². The van der Waals surface area contributed by atoms with Crippen LogP contribution in [0.15, 0.2) is 60.9 Å². The van der Waals surface area contributed by atoms with Gasteiger partial charge in [-0.2, -0.15) is 0 Å². The molecule has 0 radical (unpaired) electrons. The van der Waals surface area contributed by atoms with Crippen LogP contribution in [0.3, 0.4) is 0 Å². The van der Waals surface area contributed by atoms with E-state index in [9.17, 15) is 20.0 Å². The number of aromatic nitrogens is 1. The van der Waals surface area contributed by atoms with Crippen LogP contribution < -0.4 is 0 Å². The average Bonchev–Trinajstić information content (AvgIpc) is 3.37. The van der Waals surface area contributed by atoms with Crippen molar-refractivity contribution in [2.75, 3.05) is 13.1 Å². The van der Waals surface area contributed by atoms with Crippen LogP contribution in [0.4, 0.5) is 5.69 Å². The molecule has 1 aromatic heterocycles. The van der Waals surface area contributed by atoms with Crippen LogP contribution in [0.2, 0.25) is 5.02 Å². The molecule has 7 nitrogen and oxygen atoms in total. The van der Waals surface area contributed by atoms with Gasteiger partial charge in [0.25, 0.3) is 5.69 Å². The van der Waals surface area contributed by atoms with E-state index in [1.54, 1.807) is 35.5 Å². The number of hydrogen-bond acceptors (Lipinski definition) is 5. The van der Waals surface area contributed by atoms with Gasteiger partial charge in [0.15, 0.2) is 0 Å². The Labute approximate surface area is 201 Å². The van der Waals surface area contributed by atoms with E-state index in [0.717, 1.165) is 22.3 Å². The van der Waals surface area contributed by atoms with Crippen molar-refractivity contribution in [1.82, 2.24) is 9.88 Å². The van der Waals surface area contributed by atoms with E-state index in [4.69, 9.17) is 11.6 Å². The number of nitrogens with zero attached hydrogens (tertiary/aromatic N) is 3. The molecule has 2 heterocycles. The number of carbonyl (C=O) groups excluding carboxylic acids is 1. The molecule has 0 saturated carbocycles. The fourth-order valence-corrected chi connectivity index (χ4v) is 6.36. The summed E-state index contributed by atoms with van der Waals surface area (Å²) in [5.74, 6) is -0.0739. The second-order valence-corrected chi connectivity index (χ2v) is 9.92. The van der Waals surface area contributed by atoms with E-state index < -0.39 is 15.9 Å².